The van der Waals surface area contributed by atoms with Gasteiger partial charge in [-0.15, -0.1) is 0 Å². The first-order valence-electron chi connectivity index (χ1n) is 3.13. The molecule has 0 amide bonds. The van der Waals surface area contributed by atoms with Crippen LogP contribution in [0.15, 0.2) is 12.3 Å². The summed E-state index contributed by atoms with van der Waals surface area (Å²) < 4.78 is 0.987. The number of halogens is 1. The number of hydrogen-bond acceptors (Lipinski definition) is 3. The zero-order valence-corrected chi connectivity index (χ0v) is 8.40. The number of nitrogens with one attached hydrogen (secondary N) is 1. The number of aromatic nitrogens is 1. The number of hydrogen-bond donors (Lipinski definition) is 1. The van der Waals surface area contributed by atoms with Crippen LogP contribution in [0.1, 0.15) is 5.56 Å². The van der Waals surface area contributed by atoms with E-state index < -0.39 is 5.03 Å². The van der Waals surface area contributed by atoms with Gasteiger partial charge in [0.05, 0.1) is 0 Å². The van der Waals surface area contributed by atoms with Crippen molar-refractivity contribution < 1.29 is 5.03 Å². The smallest absolute Gasteiger partial charge is 0.190 e. The Kier molecular flexibility index (Phi) is 2.79. The van der Waals surface area contributed by atoms with E-state index in [1.165, 1.54) is 0 Å². The van der Waals surface area contributed by atoms with Crippen molar-refractivity contribution in [2.75, 3.05) is 5.43 Å². The van der Waals surface area contributed by atoms with Gasteiger partial charge in [-0.1, -0.05) is 5.43 Å². The number of rotatable bonds is 2. The summed E-state index contributed by atoms with van der Waals surface area (Å²) in [6.07, 6.45) is 1.59. The molecule has 0 fully saturated rings. The van der Waals surface area contributed by atoms with E-state index in [0.29, 0.717) is 0 Å². The molecule has 1 N–H and O–H groups in total. The summed E-state index contributed by atoms with van der Waals surface area (Å²) in [5, 5.41) is 9.39. The number of aryl methyl sites for hydroxylation is 1. The summed E-state index contributed by atoms with van der Waals surface area (Å²) in [7, 11) is 0. The summed E-state index contributed by atoms with van der Waals surface area (Å²) in [6.45, 7) is 1.87. The number of anilines is 1. The van der Waals surface area contributed by atoms with Gasteiger partial charge in [0, 0.05) is 9.77 Å². The second kappa shape index (κ2) is 3.65. The average Bonchev–Trinajstić information content (AvgIpc) is 1.96. The molecule has 0 bridgehead atoms. The van der Waals surface area contributed by atoms with Crippen molar-refractivity contribution in [3.8, 4) is 0 Å². The van der Waals surface area contributed by atoms with E-state index in [0.717, 1.165) is 9.13 Å². The second-order valence-electron chi connectivity index (χ2n) is 2.19. The van der Waals surface area contributed by atoms with E-state index >= 15 is 0 Å². The fourth-order valence-electron chi connectivity index (χ4n) is 0.694. The van der Waals surface area contributed by atoms with Crippen molar-refractivity contribution in [3.05, 3.63) is 31.5 Å². The van der Waals surface area contributed by atoms with Gasteiger partial charge in [-0.25, -0.2) is 15.1 Å². The lowest BCUT2D eigenvalue weighted by Crippen LogP contribution is -2.09. The van der Waals surface area contributed by atoms with E-state index in [-0.39, 0.29) is 5.82 Å². The van der Waals surface area contributed by atoms with Gasteiger partial charge in [-0.2, -0.15) is 0 Å². The highest BCUT2D eigenvalue weighted by Gasteiger charge is 2.02. The van der Waals surface area contributed by atoms with E-state index in [2.05, 4.69) is 27.6 Å². The van der Waals surface area contributed by atoms with Crippen LogP contribution in [0.4, 0.5) is 5.82 Å². The molecule has 5 nitrogen and oxygen atoms in total. The van der Waals surface area contributed by atoms with Crippen molar-refractivity contribution in [1.82, 2.24) is 4.98 Å². The third kappa shape index (κ3) is 2.29. The van der Waals surface area contributed by atoms with Crippen molar-refractivity contribution in [3.63, 3.8) is 0 Å². The van der Waals surface area contributed by atoms with Gasteiger partial charge in [-0.3, -0.25) is 0 Å². The Hall–Kier alpha value is -0.920. The highest BCUT2D eigenvalue weighted by atomic mass is 127. The predicted molar refractivity (Wildman–Crippen MR) is 52.3 cm³/mol. The van der Waals surface area contributed by atoms with Crippen molar-refractivity contribution in [2.24, 2.45) is 0 Å². The van der Waals surface area contributed by atoms with Gasteiger partial charge >= 0.3 is 0 Å². The summed E-state index contributed by atoms with van der Waals surface area (Å²) in [6, 6.07) is 1.63. The second-order valence-corrected chi connectivity index (χ2v) is 3.35. The van der Waals surface area contributed by atoms with E-state index in [4.69, 9.17) is 0 Å². The Balaban J connectivity index is 2.89. The number of pyridine rings is 1. The third-order valence-electron chi connectivity index (χ3n) is 1.25. The standard InChI is InChI=1S/C6H6IN3O2/c1-4-2-6(9-10(11)12)8-3-5(4)7/h2-3H,1H3,(H,8,9). The highest BCUT2D eigenvalue weighted by molar-refractivity contribution is 14.1. The molecular weight excluding hydrogens is 273 g/mol. The first kappa shape index (κ1) is 9.17. The minimum Gasteiger partial charge on any atom is -0.234 e. The fourth-order valence-corrected chi connectivity index (χ4v) is 0.989. The van der Waals surface area contributed by atoms with Crippen molar-refractivity contribution in [2.45, 2.75) is 6.92 Å². The molecule has 1 aromatic rings. The minimum absolute atomic E-state index is 0.262. The zero-order valence-electron chi connectivity index (χ0n) is 6.24. The van der Waals surface area contributed by atoms with Gasteiger partial charge in [0.15, 0.2) is 10.9 Å². The number of nitro groups is 1. The van der Waals surface area contributed by atoms with Crippen molar-refractivity contribution in [1.29, 1.82) is 0 Å². The molecule has 0 aliphatic carbocycles. The van der Waals surface area contributed by atoms with Gasteiger partial charge in [0.1, 0.15) is 0 Å². The molecule has 1 rings (SSSR count). The quantitative estimate of drug-likeness (QED) is 0.507. The zero-order chi connectivity index (χ0) is 9.14. The third-order valence-corrected chi connectivity index (χ3v) is 2.38. The van der Waals surface area contributed by atoms with Gasteiger partial charge in [0.2, 0.25) is 0 Å². The Bertz CT molecular complexity index is 316. The Morgan fingerprint density at radius 2 is 2.42 bits per heavy atom. The van der Waals surface area contributed by atoms with Gasteiger partial charge in [-0.05, 0) is 41.1 Å². The van der Waals surface area contributed by atoms with Crippen LogP contribution in [0.5, 0.6) is 0 Å². The Labute approximate surface area is 82.5 Å². The molecule has 1 aromatic heterocycles. The normalized spacial score (nSPS) is 9.50. The highest BCUT2D eigenvalue weighted by Crippen LogP contribution is 2.13. The van der Waals surface area contributed by atoms with E-state index in [1.807, 2.05) is 12.3 Å². The van der Waals surface area contributed by atoms with Crippen LogP contribution < -0.4 is 5.43 Å². The van der Waals surface area contributed by atoms with Crippen LogP contribution in [0.25, 0.3) is 0 Å². The molecule has 0 aliphatic heterocycles. The molecule has 0 unspecified atom stereocenters. The Morgan fingerprint density at radius 3 is 2.92 bits per heavy atom. The van der Waals surface area contributed by atoms with Crippen LogP contribution in [-0.2, 0) is 0 Å². The monoisotopic (exact) mass is 279 g/mol. The summed E-state index contributed by atoms with van der Waals surface area (Å²) in [5.74, 6) is 0.262. The Morgan fingerprint density at radius 1 is 1.75 bits per heavy atom. The minimum atomic E-state index is -0.630. The molecule has 0 saturated carbocycles. The molecule has 6 heteroatoms. The number of hydrazine groups is 1. The molecule has 12 heavy (non-hydrogen) atoms. The molecule has 0 aromatic carbocycles. The SMILES string of the molecule is Cc1cc(N[N+](=O)[O-])ncc1I. The largest absolute Gasteiger partial charge is 0.234 e. The van der Waals surface area contributed by atoms with Crippen LogP contribution in [0.3, 0.4) is 0 Å². The average molecular weight is 279 g/mol. The van der Waals surface area contributed by atoms with Crippen molar-refractivity contribution >= 4 is 28.4 Å². The topological polar surface area (TPSA) is 68.1 Å². The van der Waals surface area contributed by atoms with Crippen LogP contribution >= 0.6 is 22.6 Å². The molecule has 64 valence electrons. The van der Waals surface area contributed by atoms with Gasteiger partial charge < -0.3 is 0 Å². The maximum absolute atomic E-state index is 10.0. The van der Waals surface area contributed by atoms with Crippen LogP contribution in [0.2, 0.25) is 0 Å². The predicted octanol–water partition coefficient (Wildman–Crippen LogP) is 1.60. The van der Waals surface area contributed by atoms with E-state index in [1.54, 1.807) is 12.3 Å². The van der Waals surface area contributed by atoms with E-state index in [9.17, 15) is 10.1 Å². The first-order chi connectivity index (χ1) is 5.59. The summed E-state index contributed by atoms with van der Waals surface area (Å²) in [5.41, 5.74) is 2.95. The first-order valence-corrected chi connectivity index (χ1v) is 4.20. The van der Waals surface area contributed by atoms with Gasteiger partial charge in [0.25, 0.3) is 0 Å². The molecule has 0 saturated heterocycles. The maximum Gasteiger partial charge on any atom is 0.190 e. The maximum atomic E-state index is 10.0. The lowest BCUT2D eigenvalue weighted by atomic mass is 10.3. The summed E-state index contributed by atoms with van der Waals surface area (Å²) >= 11 is 2.11. The van der Waals surface area contributed by atoms with Crippen LogP contribution in [-0.4, -0.2) is 10.0 Å². The van der Waals surface area contributed by atoms with Crippen LogP contribution in [0, 0.1) is 20.6 Å². The lowest BCUT2D eigenvalue weighted by molar-refractivity contribution is -0.445. The molecular formula is C6H6IN3O2. The molecule has 0 spiro atoms. The molecule has 1 heterocycles. The number of nitrogens with zero attached hydrogens (tertiary/aromatic N) is 2. The molecule has 0 radical (unpaired) electrons. The molecule has 0 atom stereocenters. The fraction of sp³-hybridized carbons (Fsp3) is 0.167. The molecule has 0 aliphatic rings. The summed E-state index contributed by atoms with van der Waals surface area (Å²) in [4.78, 5) is 13.8. The lowest BCUT2D eigenvalue weighted by Gasteiger charge is -1.99.